The van der Waals surface area contributed by atoms with E-state index < -0.39 is 0 Å². The van der Waals surface area contributed by atoms with E-state index in [1.165, 1.54) is 0 Å². The van der Waals surface area contributed by atoms with Crippen molar-refractivity contribution in [1.82, 2.24) is 0 Å². The second-order valence-electron chi connectivity index (χ2n) is 7.31. The van der Waals surface area contributed by atoms with Crippen molar-refractivity contribution in [3.8, 4) is 0 Å². The highest BCUT2D eigenvalue weighted by Gasteiger charge is 2.39. The molecule has 0 saturated carbocycles. The predicted molar refractivity (Wildman–Crippen MR) is 72.8 cm³/mol. The van der Waals surface area contributed by atoms with Gasteiger partial charge in [-0.15, -0.1) is 0 Å². The molecule has 0 aliphatic rings. The summed E-state index contributed by atoms with van der Waals surface area (Å²) < 4.78 is 5.49. The standard InChI is InChI=1S/C15H30O2/c1-11(2)9-15(8,12(3)4)13(16)17-10-14(5,6)7/h11-12H,9-10H2,1-8H3. The number of hydrogen-bond donors (Lipinski definition) is 0. The smallest absolute Gasteiger partial charge is 0.312 e. The highest BCUT2D eigenvalue weighted by atomic mass is 16.5. The van der Waals surface area contributed by atoms with Crippen LogP contribution in [0.2, 0.25) is 0 Å². The average Bonchev–Trinajstić information content (AvgIpc) is 2.11. The molecule has 2 nitrogen and oxygen atoms in total. The molecule has 0 bridgehead atoms. The first-order chi connectivity index (χ1) is 7.49. The number of ether oxygens (including phenoxy) is 1. The lowest BCUT2D eigenvalue weighted by Gasteiger charge is -2.34. The lowest BCUT2D eigenvalue weighted by molar-refractivity contribution is -0.161. The maximum absolute atomic E-state index is 12.3. The van der Waals surface area contributed by atoms with Gasteiger partial charge in [0.1, 0.15) is 0 Å². The summed E-state index contributed by atoms with van der Waals surface area (Å²) in [6, 6.07) is 0. The van der Waals surface area contributed by atoms with Gasteiger partial charge < -0.3 is 4.74 Å². The Morgan fingerprint density at radius 2 is 1.53 bits per heavy atom. The van der Waals surface area contributed by atoms with Crippen molar-refractivity contribution in [2.75, 3.05) is 6.61 Å². The Balaban J connectivity index is 4.66. The first-order valence-electron chi connectivity index (χ1n) is 6.66. The van der Waals surface area contributed by atoms with Crippen LogP contribution in [0.4, 0.5) is 0 Å². The third-order valence-electron chi connectivity index (χ3n) is 3.21. The van der Waals surface area contributed by atoms with Crippen LogP contribution in [0.15, 0.2) is 0 Å². The molecule has 0 spiro atoms. The molecule has 1 unspecified atom stereocenters. The predicted octanol–water partition coefficient (Wildman–Crippen LogP) is 4.28. The molecule has 0 aliphatic heterocycles. The molecule has 0 aromatic heterocycles. The minimum Gasteiger partial charge on any atom is -0.465 e. The Morgan fingerprint density at radius 1 is 1.06 bits per heavy atom. The molecule has 0 rings (SSSR count). The fraction of sp³-hybridized carbons (Fsp3) is 0.933. The Morgan fingerprint density at radius 3 is 1.82 bits per heavy atom. The average molecular weight is 242 g/mol. The van der Waals surface area contributed by atoms with Crippen LogP contribution in [0.1, 0.15) is 61.8 Å². The molecule has 0 heterocycles. The second-order valence-corrected chi connectivity index (χ2v) is 7.31. The zero-order valence-corrected chi connectivity index (χ0v) is 12.9. The summed E-state index contributed by atoms with van der Waals surface area (Å²) in [4.78, 5) is 12.3. The zero-order chi connectivity index (χ0) is 13.9. The van der Waals surface area contributed by atoms with Crippen molar-refractivity contribution < 1.29 is 9.53 Å². The van der Waals surface area contributed by atoms with Gasteiger partial charge in [0, 0.05) is 0 Å². The van der Waals surface area contributed by atoms with E-state index in [4.69, 9.17) is 4.74 Å². The highest BCUT2D eigenvalue weighted by molar-refractivity contribution is 5.76. The fourth-order valence-electron chi connectivity index (χ4n) is 1.85. The largest absolute Gasteiger partial charge is 0.465 e. The van der Waals surface area contributed by atoms with E-state index >= 15 is 0 Å². The molecule has 0 aromatic carbocycles. The summed E-state index contributed by atoms with van der Waals surface area (Å²) in [5.41, 5.74) is -0.329. The lowest BCUT2D eigenvalue weighted by atomic mass is 9.73. The summed E-state index contributed by atoms with van der Waals surface area (Å²) in [7, 11) is 0. The Hall–Kier alpha value is -0.530. The van der Waals surface area contributed by atoms with E-state index in [9.17, 15) is 4.79 Å². The molecule has 0 amide bonds. The molecule has 0 aliphatic carbocycles. The minimum atomic E-state index is -0.362. The fourth-order valence-corrected chi connectivity index (χ4v) is 1.85. The maximum atomic E-state index is 12.3. The van der Waals surface area contributed by atoms with Gasteiger partial charge in [-0.1, -0.05) is 48.5 Å². The van der Waals surface area contributed by atoms with E-state index in [0.717, 1.165) is 6.42 Å². The quantitative estimate of drug-likeness (QED) is 0.672. The van der Waals surface area contributed by atoms with Gasteiger partial charge in [-0.05, 0) is 30.6 Å². The molecule has 0 fully saturated rings. The Bertz CT molecular complexity index is 248. The lowest BCUT2D eigenvalue weighted by Crippen LogP contribution is -2.37. The molecule has 0 aromatic rings. The summed E-state index contributed by atoms with van der Waals surface area (Å²) >= 11 is 0. The molecule has 0 N–H and O–H groups in total. The van der Waals surface area contributed by atoms with Crippen LogP contribution >= 0.6 is 0 Å². The number of carbonyl (C=O) groups excluding carboxylic acids is 1. The van der Waals surface area contributed by atoms with Crippen molar-refractivity contribution in [2.45, 2.75) is 61.8 Å². The number of carbonyl (C=O) groups is 1. The number of hydrogen-bond acceptors (Lipinski definition) is 2. The van der Waals surface area contributed by atoms with Crippen molar-refractivity contribution in [1.29, 1.82) is 0 Å². The Labute approximate surface area is 107 Å². The number of rotatable bonds is 5. The van der Waals surface area contributed by atoms with E-state index in [1.54, 1.807) is 0 Å². The molecule has 2 heteroatoms. The monoisotopic (exact) mass is 242 g/mol. The van der Waals surface area contributed by atoms with E-state index in [1.807, 2.05) is 6.92 Å². The first-order valence-corrected chi connectivity index (χ1v) is 6.66. The van der Waals surface area contributed by atoms with Crippen molar-refractivity contribution >= 4 is 5.97 Å². The molecular formula is C15H30O2. The minimum absolute atomic E-state index is 0.0331. The maximum Gasteiger partial charge on any atom is 0.312 e. The van der Waals surface area contributed by atoms with E-state index in [2.05, 4.69) is 48.5 Å². The normalized spacial score (nSPS) is 16.1. The van der Waals surface area contributed by atoms with Crippen LogP contribution in [0.3, 0.4) is 0 Å². The van der Waals surface area contributed by atoms with Crippen LogP contribution in [-0.4, -0.2) is 12.6 Å². The third-order valence-corrected chi connectivity index (χ3v) is 3.21. The summed E-state index contributed by atoms with van der Waals surface area (Å²) in [5, 5.41) is 0. The van der Waals surface area contributed by atoms with Crippen LogP contribution in [0.25, 0.3) is 0 Å². The molecule has 0 radical (unpaired) electrons. The first kappa shape index (κ1) is 16.5. The molecule has 102 valence electrons. The van der Waals surface area contributed by atoms with Crippen LogP contribution in [-0.2, 0) is 9.53 Å². The van der Waals surface area contributed by atoms with Gasteiger partial charge in [-0.3, -0.25) is 4.79 Å². The number of esters is 1. The molecule has 1 atom stereocenters. The summed E-state index contributed by atoms with van der Waals surface area (Å²) in [6.07, 6.45) is 0.883. The van der Waals surface area contributed by atoms with Crippen molar-refractivity contribution in [3.05, 3.63) is 0 Å². The third kappa shape index (κ3) is 5.56. The van der Waals surface area contributed by atoms with Gasteiger partial charge in [0.05, 0.1) is 12.0 Å². The van der Waals surface area contributed by atoms with Gasteiger partial charge >= 0.3 is 5.97 Å². The van der Waals surface area contributed by atoms with Gasteiger partial charge in [0.15, 0.2) is 0 Å². The summed E-state index contributed by atoms with van der Waals surface area (Å²) in [5.74, 6) is 0.762. The van der Waals surface area contributed by atoms with Crippen molar-refractivity contribution in [3.63, 3.8) is 0 Å². The van der Waals surface area contributed by atoms with Crippen molar-refractivity contribution in [2.24, 2.45) is 22.7 Å². The SMILES string of the molecule is CC(C)CC(C)(C(=O)OCC(C)(C)C)C(C)C. The van der Waals surface area contributed by atoms with E-state index in [-0.39, 0.29) is 16.8 Å². The van der Waals surface area contributed by atoms with Crippen LogP contribution < -0.4 is 0 Å². The van der Waals surface area contributed by atoms with Gasteiger partial charge in [0.2, 0.25) is 0 Å². The molecule has 0 saturated heterocycles. The van der Waals surface area contributed by atoms with Crippen LogP contribution in [0, 0.1) is 22.7 Å². The highest BCUT2D eigenvalue weighted by Crippen LogP contribution is 2.36. The van der Waals surface area contributed by atoms with Crippen LogP contribution in [0.5, 0.6) is 0 Å². The zero-order valence-electron chi connectivity index (χ0n) is 12.9. The van der Waals surface area contributed by atoms with Gasteiger partial charge in [-0.2, -0.15) is 0 Å². The Kier molecular flexibility index (Phi) is 5.70. The summed E-state index contributed by atoms with van der Waals surface area (Å²) in [6.45, 7) is 17.3. The van der Waals surface area contributed by atoms with Gasteiger partial charge in [-0.25, -0.2) is 0 Å². The molecule has 17 heavy (non-hydrogen) atoms. The topological polar surface area (TPSA) is 26.3 Å². The molecular weight excluding hydrogens is 212 g/mol. The second kappa shape index (κ2) is 5.88. The van der Waals surface area contributed by atoms with E-state index in [0.29, 0.717) is 18.4 Å². The van der Waals surface area contributed by atoms with Gasteiger partial charge in [0.25, 0.3) is 0 Å².